The first-order valence-corrected chi connectivity index (χ1v) is 17.2. The van der Waals surface area contributed by atoms with Crippen LogP contribution >= 0.6 is 23.2 Å². The molecule has 9 heteroatoms. The summed E-state index contributed by atoms with van der Waals surface area (Å²) in [5.74, 6) is 1.34. The highest BCUT2D eigenvalue weighted by atomic mass is 35.5. The summed E-state index contributed by atoms with van der Waals surface area (Å²) in [6.45, 7) is 13.9. The number of amidine groups is 1. The van der Waals surface area contributed by atoms with Crippen LogP contribution in [0.2, 0.25) is 10.0 Å². The van der Waals surface area contributed by atoms with Gasteiger partial charge < -0.3 is 14.4 Å². The van der Waals surface area contributed by atoms with Gasteiger partial charge in [0.05, 0.1) is 31.4 Å². The molecule has 0 saturated carbocycles. The van der Waals surface area contributed by atoms with Crippen molar-refractivity contribution in [3.8, 4) is 5.75 Å². The van der Waals surface area contributed by atoms with E-state index in [9.17, 15) is 4.79 Å². The number of nitrogens with zero attached hydrogens (tertiary/aromatic N) is 4. The molecule has 2 fully saturated rings. The topological polar surface area (TPSA) is 57.6 Å². The van der Waals surface area contributed by atoms with Gasteiger partial charge >= 0.3 is 6.03 Å². The van der Waals surface area contributed by atoms with Crippen LogP contribution in [0, 0.1) is 0 Å². The van der Waals surface area contributed by atoms with Crippen LogP contribution in [0.5, 0.6) is 5.75 Å². The molecule has 0 aromatic heterocycles. The lowest BCUT2D eigenvalue weighted by Gasteiger charge is -2.42. The van der Waals surface area contributed by atoms with Gasteiger partial charge in [-0.3, -0.25) is 14.8 Å². The van der Waals surface area contributed by atoms with Crippen molar-refractivity contribution in [2.24, 2.45) is 4.99 Å². The molecule has 0 radical (unpaired) electrons. The number of amides is 2. The molecule has 3 aliphatic heterocycles. The summed E-state index contributed by atoms with van der Waals surface area (Å²) in [4.78, 5) is 26.7. The Kier molecular flexibility index (Phi) is 9.95. The molecule has 244 valence electrons. The van der Waals surface area contributed by atoms with Gasteiger partial charge in [-0.15, -0.1) is 0 Å². The van der Waals surface area contributed by atoms with Crippen LogP contribution in [-0.2, 0) is 10.2 Å². The second-order valence-corrected chi connectivity index (χ2v) is 14.2. The Morgan fingerprint density at radius 2 is 1.50 bits per heavy atom. The van der Waals surface area contributed by atoms with E-state index < -0.39 is 6.04 Å². The molecule has 0 spiro atoms. The molecule has 0 N–H and O–H groups in total. The van der Waals surface area contributed by atoms with Crippen LogP contribution < -0.4 is 4.74 Å². The minimum Gasteiger partial charge on any atom is -0.493 e. The SMILES string of the molecule is CCOc1cc(C(C)(C)C)ccc1C1=N[C@@H](c2ccc(Cl)cc2)[C@@H](c2ccc(Cl)cc2)N1C(=O)N1CCC(N2CCOCC2)CC1. The zero-order chi connectivity index (χ0) is 32.4. The lowest BCUT2D eigenvalue weighted by atomic mass is 9.86. The van der Waals surface area contributed by atoms with Crippen LogP contribution in [0.3, 0.4) is 0 Å². The van der Waals surface area contributed by atoms with E-state index in [4.69, 9.17) is 37.7 Å². The summed E-state index contributed by atoms with van der Waals surface area (Å²) in [7, 11) is 0. The Morgan fingerprint density at radius 3 is 2.09 bits per heavy atom. The number of morpholine rings is 1. The summed E-state index contributed by atoms with van der Waals surface area (Å²) < 4.78 is 11.9. The zero-order valence-corrected chi connectivity index (χ0v) is 28.7. The van der Waals surface area contributed by atoms with Crippen molar-refractivity contribution < 1.29 is 14.3 Å². The number of halogens is 2. The van der Waals surface area contributed by atoms with Crippen LogP contribution in [0.1, 0.15) is 74.9 Å². The molecular formula is C37H44Cl2N4O3. The number of ether oxygens (including phenoxy) is 2. The number of hydrogen-bond donors (Lipinski definition) is 0. The van der Waals surface area contributed by atoms with Gasteiger partial charge in [0.15, 0.2) is 0 Å². The highest BCUT2D eigenvalue weighted by Gasteiger charge is 2.45. The number of carbonyl (C=O) groups excluding carboxylic acids is 1. The van der Waals surface area contributed by atoms with Gasteiger partial charge in [-0.1, -0.05) is 74.3 Å². The predicted octanol–water partition coefficient (Wildman–Crippen LogP) is 8.15. The number of hydrogen-bond acceptors (Lipinski definition) is 5. The summed E-state index contributed by atoms with van der Waals surface area (Å²) in [5.41, 5.74) is 3.84. The van der Waals surface area contributed by atoms with E-state index in [-0.39, 0.29) is 17.5 Å². The van der Waals surface area contributed by atoms with Gasteiger partial charge in [-0.2, -0.15) is 0 Å². The number of urea groups is 1. The summed E-state index contributed by atoms with van der Waals surface area (Å²) in [5, 5.41) is 1.30. The van der Waals surface area contributed by atoms with Crippen molar-refractivity contribution in [1.29, 1.82) is 0 Å². The van der Waals surface area contributed by atoms with E-state index in [1.807, 2.05) is 65.3 Å². The minimum atomic E-state index is -0.394. The molecule has 2 saturated heterocycles. The van der Waals surface area contributed by atoms with Crippen molar-refractivity contribution >= 4 is 35.1 Å². The van der Waals surface area contributed by atoms with E-state index in [0.717, 1.165) is 67.1 Å². The van der Waals surface area contributed by atoms with Crippen molar-refractivity contribution in [3.05, 3.63) is 99.0 Å². The van der Waals surface area contributed by atoms with Crippen molar-refractivity contribution in [1.82, 2.24) is 14.7 Å². The highest BCUT2D eigenvalue weighted by molar-refractivity contribution is 6.30. The highest BCUT2D eigenvalue weighted by Crippen LogP contribution is 2.46. The average Bonchev–Trinajstić information content (AvgIpc) is 3.45. The molecule has 3 aliphatic rings. The minimum absolute atomic E-state index is 0.0436. The molecule has 46 heavy (non-hydrogen) atoms. The van der Waals surface area contributed by atoms with Gasteiger partial charge in [0, 0.05) is 42.3 Å². The Balaban J connectivity index is 1.43. The number of piperidine rings is 1. The quantitative estimate of drug-likeness (QED) is 0.267. The fraction of sp³-hybridized carbons (Fsp3) is 0.459. The monoisotopic (exact) mass is 662 g/mol. The summed E-state index contributed by atoms with van der Waals surface area (Å²) in [6.07, 6.45) is 1.87. The molecule has 7 nitrogen and oxygen atoms in total. The lowest BCUT2D eigenvalue weighted by molar-refractivity contribution is 0.00295. The second kappa shape index (κ2) is 13.9. The van der Waals surface area contributed by atoms with Gasteiger partial charge in [0.25, 0.3) is 0 Å². The maximum atomic E-state index is 14.9. The number of likely N-dealkylation sites (tertiary alicyclic amines) is 1. The predicted molar refractivity (Wildman–Crippen MR) is 185 cm³/mol. The van der Waals surface area contributed by atoms with E-state index in [1.54, 1.807) is 0 Å². The second-order valence-electron chi connectivity index (χ2n) is 13.4. The van der Waals surface area contributed by atoms with Crippen LogP contribution in [0.25, 0.3) is 0 Å². The maximum Gasteiger partial charge on any atom is 0.326 e. The summed E-state index contributed by atoms with van der Waals surface area (Å²) >= 11 is 12.7. The zero-order valence-electron chi connectivity index (χ0n) is 27.2. The molecule has 3 heterocycles. The molecule has 0 unspecified atom stereocenters. The Hall–Kier alpha value is -3.10. The van der Waals surface area contributed by atoms with E-state index in [0.29, 0.717) is 41.6 Å². The lowest BCUT2D eigenvalue weighted by Crippen LogP contribution is -2.53. The molecular weight excluding hydrogens is 619 g/mol. The number of aliphatic imine (C=N–C) groups is 1. The van der Waals surface area contributed by atoms with Gasteiger partial charge in [0.2, 0.25) is 0 Å². The van der Waals surface area contributed by atoms with E-state index in [2.05, 4.69) is 43.9 Å². The third-order valence-electron chi connectivity index (χ3n) is 9.38. The Morgan fingerprint density at radius 1 is 0.891 bits per heavy atom. The number of benzene rings is 3. The Bertz CT molecular complexity index is 1540. The van der Waals surface area contributed by atoms with Crippen molar-refractivity contribution in [2.75, 3.05) is 46.0 Å². The molecule has 2 atom stereocenters. The third-order valence-corrected chi connectivity index (χ3v) is 9.89. The normalized spacial score (nSPS) is 21.4. The standard InChI is InChI=1S/C37H44Cl2N4O3/c1-5-46-32-24-27(37(2,3)4)10-15-31(32)35-40-33(25-6-11-28(38)12-7-25)34(26-8-13-29(39)14-9-26)43(35)36(44)42-18-16-30(17-19-42)41-20-22-45-23-21-41/h6-15,24,30,33-34H,5,16-23H2,1-4H3/t33-,34+/m0/s1. The molecule has 2 amide bonds. The Labute approximate surface area is 283 Å². The van der Waals surface area contributed by atoms with Gasteiger partial charge in [0.1, 0.15) is 17.6 Å². The first kappa shape index (κ1) is 32.8. The largest absolute Gasteiger partial charge is 0.493 e. The fourth-order valence-corrected chi connectivity index (χ4v) is 7.07. The van der Waals surface area contributed by atoms with Crippen molar-refractivity contribution in [2.45, 2.75) is 64.1 Å². The third kappa shape index (κ3) is 6.93. The molecule has 3 aromatic carbocycles. The maximum absolute atomic E-state index is 14.9. The van der Waals surface area contributed by atoms with Crippen LogP contribution in [0.15, 0.2) is 71.7 Å². The molecule has 6 rings (SSSR count). The van der Waals surface area contributed by atoms with Crippen LogP contribution in [-0.4, -0.2) is 78.6 Å². The van der Waals surface area contributed by atoms with Gasteiger partial charge in [-0.25, -0.2) is 4.79 Å². The smallest absolute Gasteiger partial charge is 0.326 e. The van der Waals surface area contributed by atoms with Crippen LogP contribution in [0.4, 0.5) is 4.79 Å². The van der Waals surface area contributed by atoms with Gasteiger partial charge in [-0.05, 0) is 78.3 Å². The number of rotatable bonds is 6. The molecule has 3 aromatic rings. The molecule has 0 bridgehead atoms. The fourth-order valence-electron chi connectivity index (χ4n) is 6.82. The molecule has 0 aliphatic carbocycles. The number of carbonyl (C=O) groups is 1. The summed E-state index contributed by atoms with van der Waals surface area (Å²) in [6, 6.07) is 21.5. The van der Waals surface area contributed by atoms with E-state index >= 15 is 0 Å². The average molecular weight is 664 g/mol. The first-order valence-electron chi connectivity index (χ1n) is 16.4. The first-order chi connectivity index (χ1) is 22.1. The van der Waals surface area contributed by atoms with E-state index in [1.165, 1.54) is 0 Å². The van der Waals surface area contributed by atoms with Crippen molar-refractivity contribution in [3.63, 3.8) is 0 Å².